The number of urea groups is 1. The molecule has 6 nitrogen and oxygen atoms in total. The summed E-state index contributed by atoms with van der Waals surface area (Å²) in [6.07, 6.45) is 1.25. The number of para-hydroxylation sites is 1. The van der Waals surface area contributed by atoms with E-state index in [2.05, 4.69) is 22.3 Å². The zero-order valence-corrected chi connectivity index (χ0v) is 13.4. The molecule has 0 spiro atoms. The van der Waals surface area contributed by atoms with Crippen LogP contribution < -0.4 is 10.2 Å². The summed E-state index contributed by atoms with van der Waals surface area (Å²) in [6.45, 7) is 4.88. The number of hydrogen-bond acceptors (Lipinski definition) is 4. The van der Waals surface area contributed by atoms with E-state index in [0.29, 0.717) is 19.6 Å². The molecule has 2 amide bonds. The summed E-state index contributed by atoms with van der Waals surface area (Å²) in [5.74, 6) is 0. The lowest BCUT2D eigenvalue weighted by molar-refractivity contribution is 0.0842. The van der Waals surface area contributed by atoms with Crippen molar-refractivity contribution >= 4 is 11.7 Å². The van der Waals surface area contributed by atoms with Gasteiger partial charge in [-0.05, 0) is 24.5 Å². The van der Waals surface area contributed by atoms with Gasteiger partial charge in [0.25, 0.3) is 0 Å². The third-order valence-electron chi connectivity index (χ3n) is 4.46. The van der Waals surface area contributed by atoms with Crippen molar-refractivity contribution in [3.05, 3.63) is 29.8 Å². The molecular weight excluding hydrogens is 294 g/mol. The smallest absolute Gasteiger partial charge is 0.317 e. The number of carbonyl (C=O) groups is 1. The molecule has 2 fully saturated rings. The Morgan fingerprint density at radius 1 is 1.26 bits per heavy atom. The molecule has 3 rings (SSSR count). The molecule has 1 atom stereocenters. The molecule has 2 heterocycles. The van der Waals surface area contributed by atoms with Gasteiger partial charge in [-0.1, -0.05) is 18.2 Å². The van der Waals surface area contributed by atoms with E-state index < -0.39 is 6.10 Å². The second kappa shape index (κ2) is 7.66. The number of carbonyl (C=O) groups excluding carboxylic acids is 1. The summed E-state index contributed by atoms with van der Waals surface area (Å²) >= 11 is 0. The van der Waals surface area contributed by atoms with Gasteiger partial charge in [-0.15, -0.1) is 0 Å². The number of piperidine rings is 1. The standard InChI is InChI=1S/C17H25N3O3/c21-15-5-3-7-20(13-15)17(22)18-12-14-4-1-2-6-16(14)19-8-10-23-11-9-19/h1-2,4,6,15,21H,3,5,7-13H2,(H,18,22). The summed E-state index contributed by atoms with van der Waals surface area (Å²) in [7, 11) is 0. The third-order valence-corrected chi connectivity index (χ3v) is 4.46. The fraction of sp³-hybridized carbons (Fsp3) is 0.588. The molecular formula is C17H25N3O3. The molecule has 0 saturated carbocycles. The van der Waals surface area contributed by atoms with E-state index >= 15 is 0 Å². The van der Waals surface area contributed by atoms with Crippen LogP contribution in [0.25, 0.3) is 0 Å². The van der Waals surface area contributed by atoms with Gasteiger partial charge < -0.3 is 25.0 Å². The Balaban J connectivity index is 1.60. The fourth-order valence-corrected chi connectivity index (χ4v) is 3.19. The molecule has 0 bridgehead atoms. The van der Waals surface area contributed by atoms with Crippen molar-refractivity contribution in [3.8, 4) is 0 Å². The third kappa shape index (κ3) is 4.14. The van der Waals surface area contributed by atoms with E-state index in [1.54, 1.807) is 4.90 Å². The van der Waals surface area contributed by atoms with Crippen molar-refractivity contribution in [2.75, 3.05) is 44.3 Å². The van der Waals surface area contributed by atoms with Gasteiger partial charge in [-0.2, -0.15) is 0 Å². The van der Waals surface area contributed by atoms with Gasteiger partial charge in [-0.25, -0.2) is 4.79 Å². The highest BCUT2D eigenvalue weighted by molar-refractivity contribution is 5.74. The van der Waals surface area contributed by atoms with E-state index in [1.807, 2.05) is 12.1 Å². The normalized spacial score (nSPS) is 22.0. The van der Waals surface area contributed by atoms with Crippen LogP contribution in [-0.2, 0) is 11.3 Å². The number of nitrogens with one attached hydrogen (secondary N) is 1. The first-order valence-corrected chi connectivity index (χ1v) is 8.35. The van der Waals surface area contributed by atoms with Crippen LogP contribution in [0.3, 0.4) is 0 Å². The van der Waals surface area contributed by atoms with Gasteiger partial charge in [0.05, 0.1) is 19.3 Å². The Bertz CT molecular complexity index is 532. The van der Waals surface area contributed by atoms with Crippen molar-refractivity contribution in [2.45, 2.75) is 25.5 Å². The summed E-state index contributed by atoms with van der Waals surface area (Å²) in [4.78, 5) is 16.3. The Hall–Kier alpha value is -1.79. The quantitative estimate of drug-likeness (QED) is 0.878. The maximum Gasteiger partial charge on any atom is 0.317 e. The van der Waals surface area contributed by atoms with E-state index in [-0.39, 0.29) is 6.03 Å². The summed E-state index contributed by atoms with van der Waals surface area (Å²) < 4.78 is 5.41. The number of benzene rings is 1. The highest BCUT2D eigenvalue weighted by Crippen LogP contribution is 2.21. The van der Waals surface area contributed by atoms with Crippen LogP contribution in [0.2, 0.25) is 0 Å². The molecule has 2 saturated heterocycles. The molecule has 0 radical (unpaired) electrons. The van der Waals surface area contributed by atoms with E-state index in [9.17, 15) is 9.90 Å². The average Bonchev–Trinajstić information content (AvgIpc) is 2.60. The molecule has 2 N–H and O–H groups in total. The van der Waals surface area contributed by atoms with Crippen molar-refractivity contribution < 1.29 is 14.6 Å². The first-order chi connectivity index (χ1) is 11.2. The molecule has 2 aliphatic heterocycles. The van der Waals surface area contributed by atoms with Crippen molar-refractivity contribution in [1.82, 2.24) is 10.2 Å². The number of nitrogens with zero attached hydrogens (tertiary/aromatic N) is 2. The van der Waals surface area contributed by atoms with Gasteiger partial charge >= 0.3 is 6.03 Å². The SMILES string of the molecule is O=C(NCc1ccccc1N1CCOCC1)N1CCCC(O)C1. The van der Waals surface area contributed by atoms with Crippen LogP contribution in [0.15, 0.2) is 24.3 Å². The van der Waals surface area contributed by atoms with Crippen LogP contribution in [0.5, 0.6) is 0 Å². The first kappa shape index (κ1) is 16.1. The molecule has 1 unspecified atom stereocenters. The van der Waals surface area contributed by atoms with E-state index in [4.69, 9.17) is 4.74 Å². The van der Waals surface area contributed by atoms with Gasteiger partial charge in [0.1, 0.15) is 0 Å². The zero-order valence-electron chi connectivity index (χ0n) is 13.4. The number of amides is 2. The van der Waals surface area contributed by atoms with Gasteiger partial charge in [0.2, 0.25) is 0 Å². The number of rotatable bonds is 3. The van der Waals surface area contributed by atoms with Crippen molar-refractivity contribution in [2.24, 2.45) is 0 Å². The number of aliphatic hydroxyl groups is 1. The maximum atomic E-state index is 12.3. The fourth-order valence-electron chi connectivity index (χ4n) is 3.19. The predicted molar refractivity (Wildman–Crippen MR) is 88.5 cm³/mol. The number of likely N-dealkylation sites (tertiary alicyclic amines) is 1. The number of hydrogen-bond donors (Lipinski definition) is 2. The molecule has 6 heteroatoms. The van der Waals surface area contributed by atoms with Gasteiger partial charge in [0, 0.05) is 38.4 Å². The minimum atomic E-state index is -0.393. The number of β-amino-alcohol motifs (C(OH)–C–C–N with tert-alkyl or cyclic N) is 1. The average molecular weight is 319 g/mol. The second-order valence-electron chi connectivity index (χ2n) is 6.13. The van der Waals surface area contributed by atoms with Gasteiger partial charge in [0.15, 0.2) is 0 Å². The molecule has 2 aliphatic rings. The lowest BCUT2D eigenvalue weighted by atomic mass is 10.1. The van der Waals surface area contributed by atoms with E-state index in [0.717, 1.165) is 50.4 Å². The van der Waals surface area contributed by atoms with Crippen LogP contribution >= 0.6 is 0 Å². The minimum Gasteiger partial charge on any atom is -0.391 e. The molecule has 1 aromatic carbocycles. The van der Waals surface area contributed by atoms with Crippen LogP contribution in [0.4, 0.5) is 10.5 Å². The highest BCUT2D eigenvalue weighted by Gasteiger charge is 2.22. The Kier molecular flexibility index (Phi) is 5.35. The maximum absolute atomic E-state index is 12.3. The highest BCUT2D eigenvalue weighted by atomic mass is 16.5. The summed E-state index contributed by atoms with van der Waals surface area (Å²) in [5, 5.41) is 12.7. The largest absolute Gasteiger partial charge is 0.391 e. The number of ether oxygens (including phenoxy) is 1. The topological polar surface area (TPSA) is 65.0 Å². The monoisotopic (exact) mass is 319 g/mol. The molecule has 0 aromatic heterocycles. The van der Waals surface area contributed by atoms with E-state index in [1.165, 1.54) is 0 Å². The molecule has 0 aliphatic carbocycles. The lowest BCUT2D eigenvalue weighted by Gasteiger charge is -2.32. The molecule has 1 aromatic rings. The second-order valence-corrected chi connectivity index (χ2v) is 6.13. The minimum absolute atomic E-state index is 0.0967. The summed E-state index contributed by atoms with van der Waals surface area (Å²) in [6, 6.07) is 8.07. The number of anilines is 1. The first-order valence-electron chi connectivity index (χ1n) is 8.35. The predicted octanol–water partition coefficient (Wildman–Crippen LogP) is 1.19. The van der Waals surface area contributed by atoms with Crippen LogP contribution in [0, 0.1) is 0 Å². The Morgan fingerprint density at radius 3 is 2.83 bits per heavy atom. The zero-order chi connectivity index (χ0) is 16.1. The Labute approximate surface area is 137 Å². The van der Waals surface area contributed by atoms with Crippen LogP contribution in [0.1, 0.15) is 18.4 Å². The lowest BCUT2D eigenvalue weighted by Crippen LogP contribution is -2.47. The number of morpholine rings is 1. The van der Waals surface area contributed by atoms with Crippen LogP contribution in [-0.4, -0.2) is 61.5 Å². The Morgan fingerprint density at radius 2 is 2.04 bits per heavy atom. The number of aliphatic hydroxyl groups excluding tert-OH is 1. The summed E-state index contributed by atoms with van der Waals surface area (Å²) in [5.41, 5.74) is 2.27. The molecule has 23 heavy (non-hydrogen) atoms. The van der Waals surface area contributed by atoms with Crippen molar-refractivity contribution in [3.63, 3.8) is 0 Å². The van der Waals surface area contributed by atoms with Gasteiger partial charge in [-0.3, -0.25) is 0 Å². The van der Waals surface area contributed by atoms with Crippen molar-refractivity contribution in [1.29, 1.82) is 0 Å². The molecule has 126 valence electrons.